The molecule has 1 heterocycles. The Balaban J connectivity index is 0.00000312. The molecule has 6 nitrogen and oxygen atoms in total. The van der Waals surface area contributed by atoms with E-state index < -0.39 is 0 Å². The summed E-state index contributed by atoms with van der Waals surface area (Å²) in [6.45, 7) is 2.91. The van der Waals surface area contributed by atoms with Gasteiger partial charge in [-0.1, -0.05) is 12.5 Å². The van der Waals surface area contributed by atoms with Crippen LogP contribution in [0.25, 0.3) is 0 Å². The van der Waals surface area contributed by atoms with E-state index in [4.69, 9.17) is 15.2 Å². The molecule has 1 aromatic carbocycles. The molecule has 1 unspecified atom stereocenters. The molecule has 25 heavy (non-hydrogen) atoms. The van der Waals surface area contributed by atoms with E-state index >= 15 is 0 Å². The van der Waals surface area contributed by atoms with Gasteiger partial charge in [-0.3, -0.25) is 9.69 Å². The van der Waals surface area contributed by atoms with Crippen LogP contribution in [0, 0.1) is 0 Å². The summed E-state index contributed by atoms with van der Waals surface area (Å²) in [6.07, 6.45) is 3.87. The summed E-state index contributed by atoms with van der Waals surface area (Å²) in [5, 5.41) is 3.00. The highest BCUT2D eigenvalue weighted by Crippen LogP contribution is 2.28. The second-order valence-electron chi connectivity index (χ2n) is 6.14. The molecule has 0 saturated carbocycles. The Kier molecular flexibility index (Phi) is 9.63. The molecule has 1 aromatic rings. The van der Waals surface area contributed by atoms with E-state index in [2.05, 4.69) is 16.3 Å². The molecule has 2 rings (SSSR count). The first-order valence-electron chi connectivity index (χ1n) is 8.59. The predicted molar refractivity (Wildman–Crippen MR) is 102 cm³/mol. The third kappa shape index (κ3) is 6.38. The van der Waals surface area contributed by atoms with Crippen molar-refractivity contribution in [1.29, 1.82) is 0 Å². The molecule has 1 aliphatic rings. The Labute approximate surface area is 156 Å². The molecule has 1 saturated heterocycles. The van der Waals surface area contributed by atoms with Gasteiger partial charge >= 0.3 is 0 Å². The Morgan fingerprint density at radius 1 is 1.32 bits per heavy atom. The van der Waals surface area contributed by atoms with E-state index in [1.165, 1.54) is 12.8 Å². The fourth-order valence-corrected chi connectivity index (χ4v) is 3.15. The molecule has 1 amide bonds. The number of carbonyl (C=O) groups excluding carboxylic acids is 1. The summed E-state index contributed by atoms with van der Waals surface area (Å²) < 4.78 is 10.8. The zero-order chi connectivity index (χ0) is 17.4. The number of likely N-dealkylation sites (tertiary alicyclic amines) is 1. The van der Waals surface area contributed by atoms with Gasteiger partial charge in [-0.05, 0) is 25.5 Å². The zero-order valence-electron chi connectivity index (χ0n) is 15.1. The molecule has 7 heteroatoms. The summed E-state index contributed by atoms with van der Waals surface area (Å²) in [7, 11) is 3.33. The van der Waals surface area contributed by atoms with Crippen molar-refractivity contribution in [3.05, 3.63) is 23.8 Å². The average molecular weight is 372 g/mol. The van der Waals surface area contributed by atoms with E-state index in [1.807, 2.05) is 12.1 Å². The van der Waals surface area contributed by atoms with Gasteiger partial charge < -0.3 is 20.5 Å². The summed E-state index contributed by atoms with van der Waals surface area (Å²) in [6, 6.07) is 6.28. The number of halogens is 1. The Morgan fingerprint density at radius 2 is 2.12 bits per heavy atom. The van der Waals surface area contributed by atoms with Crippen molar-refractivity contribution >= 4 is 18.3 Å². The lowest BCUT2D eigenvalue weighted by atomic mass is 10.0. The van der Waals surface area contributed by atoms with Crippen LogP contribution < -0.4 is 20.5 Å². The first kappa shape index (κ1) is 21.5. The number of nitrogens with one attached hydrogen (secondary N) is 1. The molecule has 1 atom stereocenters. The molecule has 0 radical (unpaired) electrons. The minimum Gasteiger partial charge on any atom is -0.497 e. The lowest BCUT2D eigenvalue weighted by molar-refractivity contribution is -0.121. The topological polar surface area (TPSA) is 76.8 Å². The van der Waals surface area contributed by atoms with Gasteiger partial charge in [0.2, 0.25) is 5.91 Å². The molecule has 0 aromatic heterocycles. The fraction of sp³-hybridized carbons (Fsp3) is 0.611. The predicted octanol–water partition coefficient (Wildman–Crippen LogP) is 1.95. The molecule has 0 spiro atoms. The average Bonchev–Trinajstić information content (AvgIpc) is 2.61. The third-order valence-electron chi connectivity index (χ3n) is 4.52. The monoisotopic (exact) mass is 371 g/mol. The minimum absolute atomic E-state index is 0. The van der Waals surface area contributed by atoms with Crippen LogP contribution in [-0.4, -0.2) is 50.7 Å². The molecular weight excluding hydrogens is 342 g/mol. The van der Waals surface area contributed by atoms with Crippen molar-refractivity contribution in [3.63, 3.8) is 0 Å². The highest BCUT2D eigenvalue weighted by Gasteiger charge is 2.23. The molecule has 1 aliphatic heterocycles. The summed E-state index contributed by atoms with van der Waals surface area (Å²) >= 11 is 0. The van der Waals surface area contributed by atoms with Crippen molar-refractivity contribution in [2.75, 3.05) is 33.9 Å². The number of amides is 1. The van der Waals surface area contributed by atoms with Gasteiger partial charge in [-0.15, -0.1) is 12.4 Å². The van der Waals surface area contributed by atoms with Crippen LogP contribution in [-0.2, 0) is 11.3 Å². The van der Waals surface area contributed by atoms with Crippen molar-refractivity contribution in [3.8, 4) is 11.5 Å². The van der Waals surface area contributed by atoms with E-state index in [-0.39, 0.29) is 18.3 Å². The van der Waals surface area contributed by atoms with Crippen molar-refractivity contribution in [2.45, 2.75) is 38.3 Å². The van der Waals surface area contributed by atoms with Gasteiger partial charge in [0, 0.05) is 43.7 Å². The van der Waals surface area contributed by atoms with Gasteiger partial charge in [0.25, 0.3) is 0 Å². The van der Waals surface area contributed by atoms with E-state index in [0.29, 0.717) is 25.6 Å². The van der Waals surface area contributed by atoms with Crippen LogP contribution in [0.3, 0.4) is 0 Å². The van der Waals surface area contributed by atoms with Crippen molar-refractivity contribution in [1.82, 2.24) is 10.2 Å². The number of piperidine rings is 1. The summed E-state index contributed by atoms with van der Waals surface area (Å²) in [5.41, 5.74) is 6.57. The maximum Gasteiger partial charge on any atom is 0.221 e. The number of ether oxygens (including phenoxy) is 2. The zero-order valence-corrected chi connectivity index (χ0v) is 15.9. The van der Waals surface area contributed by atoms with Crippen LogP contribution in [0.15, 0.2) is 18.2 Å². The van der Waals surface area contributed by atoms with Crippen LogP contribution in [0.2, 0.25) is 0 Å². The highest BCUT2D eigenvalue weighted by atomic mass is 35.5. The summed E-state index contributed by atoms with van der Waals surface area (Å²) in [4.78, 5) is 14.1. The standard InChI is InChI=1S/C18H29N3O3.ClH/c1-23-16-7-6-14(17(11-16)24-2)13-21-10-4-3-5-15(21)12-20-18(22)8-9-19;/h6-7,11,15H,3-5,8-10,12-13,19H2,1-2H3,(H,20,22);1H. The van der Waals surface area contributed by atoms with Gasteiger partial charge in [-0.25, -0.2) is 0 Å². The largest absolute Gasteiger partial charge is 0.497 e. The number of nitrogens with two attached hydrogens (primary N) is 1. The minimum atomic E-state index is 0. The highest BCUT2D eigenvalue weighted by molar-refractivity contribution is 5.85. The first-order valence-corrected chi connectivity index (χ1v) is 8.59. The second-order valence-corrected chi connectivity index (χ2v) is 6.14. The molecule has 142 valence electrons. The Morgan fingerprint density at radius 3 is 2.80 bits per heavy atom. The van der Waals surface area contributed by atoms with Crippen molar-refractivity contribution in [2.24, 2.45) is 5.73 Å². The van der Waals surface area contributed by atoms with E-state index in [1.54, 1.807) is 14.2 Å². The Hall–Kier alpha value is -1.50. The maximum absolute atomic E-state index is 11.7. The maximum atomic E-state index is 11.7. The number of methoxy groups -OCH3 is 2. The smallest absolute Gasteiger partial charge is 0.221 e. The van der Waals surface area contributed by atoms with Crippen LogP contribution in [0.4, 0.5) is 0 Å². The number of nitrogens with zero attached hydrogens (tertiary/aromatic N) is 1. The van der Waals surface area contributed by atoms with Gasteiger partial charge in [0.1, 0.15) is 11.5 Å². The Bertz CT molecular complexity index is 542. The number of carbonyl (C=O) groups is 1. The van der Waals surface area contributed by atoms with Gasteiger partial charge in [0.15, 0.2) is 0 Å². The van der Waals surface area contributed by atoms with E-state index in [9.17, 15) is 4.79 Å². The lowest BCUT2D eigenvalue weighted by Crippen LogP contribution is -2.46. The van der Waals surface area contributed by atoms with Crippen LogP contribution in [0.1, 0.15) is 31.2 Å². The molecule has 0 aliphatic carbocycles. The SMILES string of the molecule is COc1ccc(CN2CCCCC2CNC(=O)CCN)c(OC)c1.Cl. The number of hydrogen-bond donors (Lipinski definition) is 2. The first-order chi connectivity index (χ1) is 11.7. The van der Waals surface area contributed by atoms with Gasteiger partial charge in [0.05, 0.1) is 14.2 Å². The molecule has 1 fully saturated rings. The number of hydrogen-bond acceptors (Lipinski definition) is 5. The van der Waals surface area contributed by atoms with Crippen LogP contribution >= 0.6 is 12.4 Å². The normalized spacial score (nSPS) is 17.5. The quantitative estimate of drug-likeness (QED) is 0.730. The van der Waals surface area contributed by atoms with Crippen molar-refractivity contribution < 1.29 is 14.3 Å². The number of benzene rings is 1. The summed E-state index contributed by atoms with van der Waals surface area (Å²) in [5.74, 6) is 1.66. The lowest BCUT2D eigenvalue weighted by Gasteiger charge is -2.36. The molecule has 3 N–H and O–H groups in total. The fourth-order valence-electron chi connectivity index (χ4n) is 3.15. The van der Waals surface area contributed by atoms with Gasteiger partial charge in [-0.2, -0.15) is 0 Å². The third-order valence-corrected chi connectivity index (χ3v) is 4.52. The number of rotatable bonds is 8. The second kappa shape index (κ2) is 11.2. The van der Waals surface area contributed by atoms with E-state index in [0.717, 1.165) is 36.6 Å². The molecular formula is C18H30ClN3O3. The molecule has 0 bridgehead atoms. The van der Waals surface area contributed by atoms with Crippen LogP contribution in [0.5, 0.6) is 11.5 Å².